The van der Waals surface area contributed by atoms with Gasteiger partial charge in [-0.25, -0.2) is 9.78 Å². The van der Waals surface area contributed by atoms with E-state index < -0.39 is 23.9 Å². The Hall–Kier alpha value is -9.29. The average molecular weight is 1410 g/mol. The van der Waals surface area contributed by atoms with Crippen molar-refractivity contribution in [3.8, 4) is 0 Å². The monoisotopic (exact) mass is 1410 g/mol. The highest BCUT2D eigenvalue weighted by Gasteiger charge is 2.37. The molecule has 552 valence electrons. The molecule has 4 heterocycles. The van der Waals surface area contributed by atoms with Crippen LogP contribution in [-0.4, -0.2) is 121 Å². The highest BCUT2D eigenvalue weighted by molar-refractivity contribution is 6.09. The lowest BCUT2D eigenvalue weighted by molar-refractivity contribution is -0.145. The molecule has 7 aromatic rings. The number of nitrogen functional groups attached to an aromatic ring is 1. The highest BCUT2D eigenvalue weighted by Crippen LogP contribution is 2.44. The summed E-state index contributed by atoms with van der Waals surface area (Å²) in [4.78, 5) is 98.2. The number of nitrogens with two attached hydrogens (primary N) is 2. The highest BCUT2D eigenvalue weighted by atomic mass is 16.6. The molecule has 0 aliphatic carbocycles. The number of ketones is 3. The van der Waals surface area contributed by atoms with Crippen molar-refractivity contribution in [2.75, 3.05) is 70.0 Å². The van der Waals surface area contributed by atoms with Gasteiger partial charge in [0.1, 0.15) is 29.7 Å². The maximum atomic E-state index is 13.9. The minimum absolute atomic E-state index is 0.00270. The standard InChI is InChI=1S/C75H93N11O12.C5H12/c1-4-5-36-86-65(69-59-17-8-10-19-62(59)79-73(76)72(69)83-86)45-52-24-22-51(23-25-52)30-33-68(91)98-49-54-28-26-53(27-29-54)46-66(89)63(20-12-35-78-75(77)93)80-74(92)61(50(2)3)47-57(88)34-38-95-40-42-97-44-43-96-41-39-94-37-13-15-56(87)31-32-67(90)85-48-55-14-6-7-16-58(55)70-71(82-84-81-70)60-18-9-11-21-64(60)85;1-4-5(2)3/h6-11,14,16-19,21-29,50,61,63,70-71H,4-5,12-13,15,20,30-49H2,1-3H3,(H2,76,79)(H,80,92)(H,81,82)(H3,77,78,93);5H,4H2,1-3H3/t61-,63-,70?,71?;/m0./s1. The number of aromatic nitrogens is 3. The number of carbonyl (C=O) groups is 7. The predicted octanol–water partition coefficient (Wildman–Crippen LogP) is 12.4. The Balaban J connectivity index is 0.00000260. The SMILES string of the molecule is CCC(C)C.CCCCn1nc2c(N)nc3ccccc3c2c1Cc1ccc(CCC(=O)OCc2ccc(CC(=O)[C@H](CCCNC(N)=O)NC(=O)[C@@H](CC(=O)CCOCCOCCOCCOCCCC(=O)CCC(=O)N3Cc4ccccc4C4NN=NC4c4ccccc43)C(C)C)cc2)cc1. The third-order valence-corrected chi connectivity index (χ3v) is 18.6. The van der Waals surface area contributed by atoms with Crippen molar-refractivity contribution in [1.29, 1.82) is 0 Å². The van der Waals surface area contributed by atoms with Crippen molar-refractivity contribution in [3.63, 3.8) is 0 Å². The second-order valence-electron chi connectivity index (χ2n) is 27.1. The third-order valence-electron chi connectivity index (χ3n) is 18.6. The molecule has 0 saturated carbocycles. The van der Waals surface area contributed by atoms with E-state index in [2.05, 4.69) is 82.0 Å². The van der Waals surface area contributed by atoms with Gasteiger partial charge in [-0.15, -0.1) is 0 Å². The van der Waals surface area contributed by atoms with Gasteiger partial charge in [0, 0.05) is 99.0 Å². The molecule has 2 aliphatic rings. The Morgan fingerprint density at radius 1 is 0.670 bits per heavy atom. The molecule has 23 nitrogen and oxygen atoms in total. The average Bonchev–Trinajstić information content (AvgIpc) is 1.67. The summed E-state index contributed by atoms with van der Waals surface area (Å²) in [5.41, 5.74) is 24.8. The molecule has 5 aromatic carbocycles. The van der Waals surface area contributed by atoms with Gasteiger partial charge < -0.3 is 50.7 Å². The van der Waals surface area contributed by atoms with Crippen LogP contribution in [0.3, 0.4) is 0 Å². The Morgan fingerprint density at radius 2 is 1.31 bits per heavy atom. The first-order chi connectivity index (χ1) is 49.9. The Morgan fingerprint density at radius 3 is 2.01 bits per heavy atom. The van der Waals surface area contributed by atoms with Crippen LogP contribution in [0.1, 0.15) is 175 Å². The van der Waals surface area contributed by atoms with Crippen LogP contribution < -0.4 is 32.4 Å². The molecule has 0 fully saturated rings. The molecule has 23 heteroatoms. The summed E-state index contributed by atoms with van der Waals surface area (Å²) >= 11 is 0. The van der Waals surface area contributed by atoms with Crippen molar-refractivity contribution in [3.05, 3.63) is 166 Å². The number of para-hydroxylation sites is 2. The van der Waals surface area contributed by atoms with E-state index in [1.165, 1.54) is 6.42 Å². The Labute approximate surface area is 605 Å². The fourth-order valence-corrected chi connectivity index (χ4v) is 12.3. The molecule has 9 rings (SSSR count). The maximum Gasteiger partial charge on any atom is 0.312 e. The van der Waals surface area contributed by atoms with Crippen molar-refractivity contribution < 1.29 is 57.2 Å². The number of aryl methyl sites for hydroxylation is 2. The summed E-state index contributed by atoms with van der Waals surface area (Å²) in [6.07, 6.45) is 6.43. The number of nitrogens with zero attached hydrogens (tertiary/aromatic N) is 6. The van der Waals surface area contributed by atoms with Gasteiger partial charge in [0.2, 0.25) is 11.8 Å². The molecular formula is C80H105N11O12. The molecular weight excluding hydrogens is 1310 g/mol. The summed E-state index contributed by atoms with van der Waals surface area (Å²) in [5, 5.41) is 21.0. The van der Waals surface area contributed by atoms with Crippen LogP contribution in [0.25, 0.3) is 21.8 Å². The number of ether oxygens (including phenoxy) is 5. The lowest BCUT2D eigenvalue weighted by Crippen LogP contribution is -2.46. The van der Waals surface area contributed by atoms with E-state index in [1.807, 2.05) is 92.7 Å². The smallest absolute Gasteiger partial charge is 0.312 e. The zero-order chi connectivity index (χ0) is 73.5. The van der Waals surface area contributed by atoms with Gasteiger partial charge in [0.05, 0.1) is 76.1 Å². The predicted molar refractivity (Wildman–Crippen MR) is 398 cm³/mol. The molecule has 2 aliphatic heterocycles. The number of esters is 1. The molecule has 4 atom stereocenters. The quantitative estimate of drug-likeness (QED) is 0.0175. The Kier molecular flexibility index (Phi) is 32.2. The first kappa shape index (κ1) is 79.4. The number of nitrogens with one attached hydrogen (secondary N) is 3. The van der Waals surface area contributed by atoms with E-state index in [4.69, 9.17) is 40.3 Å². The van der Waals surface area contributed by atoms with Crippen molar-refractivity contribution >= 4 is 74.5 Å². The number of carbonyl (C=O) groups excluding carboxylic acids is 7. The second-order valence-corrected chi connectivity index (χ2v) is 27.1. The van der Waals surface area contributed by atoms with E-state index in [-0.39, 0.29) is 119 Å². The molecule has 0 bridgehead atoms. The zero-order valence-electron chi connectivity index (χ0n) is 60.8. The number of hydrogen-bond donors (Lipinski definition) is 5. The lowest BCUT2D eigenvalue weighted by atomic mass is 9.88. The first-order valence-corrected chi connectivity index (χ1v) is 36.6. The molecule has 2 unspecified atom stereocenters. The van der Waals surface area contributed by atoms with Crippen molar-refractivity contribution in [2.24, 2.45) is 33.8 Å². The van der Waals surface area contributed by atoms with E-state index in [0.29, 0.717) is 89.7 Å². The van der Waals surface area contributed by atoms with Gasteiger partial charge in [-0.1, -0.05) is 169 Å². The van der Waals surface area contributed by atoms with Gasteiger partial charge in [-0.2, -0.15) is 10.2 Å². The molecule has 0 radical (unpaired) electrons. The van der Waals surface area contributed by atoms with E-state index >= 15 is 0 Å². The molecule has 103 heavy (non-hydrogen) atoms. The molecule has 0 saturated heterocycles. The van der Waals surface area contributed by atoms with Crippen LogP contribution in [0, 0.1) is 17.8 Å². The van der Waals surface area contributed by atoms with Gasteiger partial charge in [-0.05, 0) is 89.5 Å². The minimum atomic E-state index is -0.897. The van der Waals surface area contributed by atoms with E-state index in [0.717, 1.165) is 91.9 Å². The Bertz CT molecular complexity index is 3930. The second kappa shape index (κ2) is 41.7. The van der Waals surface area contributed by atoms with Gasteiger partial charge >= 0.3 is 12.0 Å². The number of amides is 4. The lowest BCUT2D eigenvalue weighted by Gasteiger charge is -2.32. The summed E-state index contributed by atoms with van der Waals surface area (Å²) in [5.74, 6) is -0.881. The number of anilines is 2. The van der Waals surface area contributed by atoms with Crippen LogP contribution >= 0.6 is 0 Å². The number of unbranched alkanes of at least 4 members (excludes halogenated alkanes) is 1. The summed E-state index contributed by atoms with van der Waals surface area (Å²) in [6, 6.07) is 37.2. The van der Waals surface area contributed by atoms with Crippen LogP contribution in [0.2, 0.25) is 0 Å². The topological polar surface area (TPSA) is 312 Å². The van der Waals surface area contributed by atoms with E-state index in [1.54, 1.807) is 29.2 Å². The number of hydrogen-bond acceptors (Lipinski definition) is 18. The summed E-state index contributed by atoms with van der Waals surface area (Å²) in [6.45, 7) is 16.4. The largest absolute Gasteiger partial charge is 0.461 e. The number of benzene rings is 5. The number of fused-ring (bicyclic) bond motifs is 8. The molecule has 2 aromatic heterocycles. The number of rotatable bonds is 42. The number of pyridine rings is 1. The number of urea groups is 1. The normalized spacial score (nSPS) is 14.3. The fraction of sp³-hybridized carbons (Fsp3) is 0.487. The molecule has 0 spiro atoms. The van der Waals surface area contributed by atoms with Crippen LogP contribution in [0.15, 0.2) is 132 Å². The zero-order valence-corrected chi connectivity index (χ0v) is 60.8. The first-order valence-electron chi connectivity index (χ1n) is 36.6. The van der Waals surface area contributed by atoms with Crippen LogP contribution in [0.5, 0.6) is 0 Å². The summed E-state index contributed by atoms with van der Waals surface area (Å²) in [7, 11) is 0. The van der Waals surface area contributed by atoms with E-state index in [9.17, 15) is 33.6 Å². The third kappa shape index (κ3) is 24.7. The van der Waals surface area contributed by atoms with Crippen molar-refractivity contribution in [1.82, 2.24) is 30.8 Å². The van der Waals surface area contributed by atoms with Crippen LogP contribution in [-0.2, 0) is 91.4 Å². The molecule has 7 N–H and O–H groups in total. The number of primary amides is 1. The van der Waals surface area contributed by atoms with Crippen LogP contribution in [0.4, 0.5) is 16.3 Å². The fourth-order valence-electron chi connectivity index (χ4n) is 12.3. The van der Waals surface area contributed by atoms with Crippen molar-refractivity contribution in [2.45, 2.75) is 176 Å². The van der Waals surface area contributed by atoms with Gasteiger partial charge in [-0.3, -0.25) is 38.9 Å². The maximum absolute atomic E-state index is 13.9. The summed E-state index contributed by atoms with van der Waals surface area (Å²) < 4.78 is 30.3. The molecule has 4 amide bonds. The van der Waals surface area contributed by atoms with Gasteiger partial charge in [0.15, 0.2) is 11.6 Å². The van der Waals surface area contributed by atoms with Gasteiger partial charge in [0.25, 0.3) is 0 Å². The minimum Gasteiger partial charge on any atom is -0.461 e. The number of Topliss-reactive ketones (excluding diaryl/α,β-unsaturated/α-hetero) is 3.